The van der Waals surface area contributed by atoms with E-state index in [1.165, 1.54) is 0 Å². The monoisotopic (exact) mass is 386 g/mol. The maximum atomic E-state index is 12.7. The van der Waals surface area contributed by atoms with Gasteiger partial charge in [0.05, 0.1) is 19.2 Å². The van der Waals surface area contributed by atoms with Gasteiger partial charge >= 0.3 is 0 Å². The molecule has 0 atom stereocenters. The number of ether oxygens (including phenoxy) is 1. The molecule has 146 valence electrons. The molecule has 0 saturated carbocycles. The maximum Gasteiger partial charge on any atom is 0.255 e. The van der Waals surface area contributed by atoms with Crippen molar-refractivity contribution in [2.45, 2.75) is 20.4 Å². The van der Waals surface area contributed by atoms with Crippen molar-refractivity contribution < 1.29 is 9.53 Å². The normalized spacial score (nSPS) is 10.9. The Labute approximate surface area is 169 Å². The molecule has 1 amide bonds. The van der Waals surface area contributed by atoms with Crippen LogP contribution in [-0.2, 0) is 6.54 Å². The molecule has 6 nitrogen and oxygen atoms in total. The predicted molar refractivity (Wildman–Crippen MR) is 113 cm³/mol. The highest BCUT2D eigenvalue weighted by atomic mass is 16.5. The van der Waals surface area contributed by atoms with E-state index in [0.717, 1.165) is 33.6 Å². The molecular formula is C23H22N4O2. The van der Waals surface area contributed by atoms with Crippen LogP contribution in [-0.4, -0.2) is 28.0 Å². The molecule has 4 rings (SSSR count). The lowest BCUT2D eigenvalue weighted by Crippen LogP contribution is -2.12. The molecule has 4 aromatic rings. The molecule has 0 aliphatic carbocycles. The van der Waals surface area contributed by atoms with Gasteiger partial charge in [0.25, 0.3) is 5.91 Å². The number of benzene rings is 3. The van der Waals surface area contributed by atoms with Crippen molar-refractivity contribution in [3.63, 3.8) is 0 Å². The fraction of sp³-hybridized carbons (Fsp3) is 0.174. The number of carbonyl (C=O) groups excluding carboxylic acids is 1. The number of amides is 1. The summed E-state index contributed by atoms with van der Waals surface area (Å²) < 4.78 is 7.02. The minimum atomic E-state index is -0.165. The van der Waals surface area contributed by atoms with Gasteiger partial charge in [0, 0.05) is 11.3 Å². The maximum absolute atomic E-state index is 12.7. The van der Waals surface area contributed by atoms with E-state index in [9.17, 15) is 4.79 Å². The summed E-state index contributed by atoms with van der Waals surface area (Å²) in [7, 11) is 1.65. The molecule has 0 aliphatic rings. The highest BCUT2D eigenvalue weighted by Gasteiger charge is 2.11. The molecule has 1 N–H and O–H groups in total. The summed E-state index contributed by atoms with van der Waals surface area (Å²) >= 11 is 0. The number of aromatic nitrogens is 3. The SMILES string of the molecule is COc1ccc(Cn2nnc3cc(C(=O)Nc4cc(C)cc(C)c4)ccc32)cc1. The molecule has 0 saturated heterocycles. The van der Waals surface area contributed by atoms with E-state index in [1.54, 1.807) is 19.2 Å². The van der Waals surface area contributed by atoms with E-state index in [2.05, 4.69) is 21.7 Å². The third-order valence-electron chi connectivity index (χ3n) is 4.75. The smallest absolute Gasteiger partial charge is 0.255 e. The van der Waals surface area contributed by atoms with Gasteiger partial charge in [0.1, 0.15) is 11.3 Å². The Balaban J connectivity index is 1.54. The number of hydrogen-bond acceptors (Lipinski definition) is 4. The number of rotatable bonds is 5. The van der Waals surface area contributed by atoms with Gasteiger partial charge < -0.3 is 10.1 Å². The van der Waals surface area contributed by atoms with E-state index < -0.39 is 0 Å². The first-order chi connectivity index (χ1) is 14.0. The number of aryl methyl sites for hydroxylation is 2. The lowest BCUT2D eigenvalue weighted by atomic mass is 10.1. The van der Waals surface area contributed by atoms with E-state index in [1.807, 2.05) is 61.0 Å². The molecule has 0 bridgehead atoms. The summed E-state index contributed by atoms with van der Waals surface area (Å²) in [6.07, 6.45) is 0. The topological polar surface area (TPSA) is 69.0 Å². The van der Waals surface area contributed by atoms with Gasteiger partial charge in [-0.05, 0) is 73.0 Å². The Morgan fingerprint density at radius 2 is 1.72 bits per heavy atom. The zero-order chi connectivity index (χ0) is 20.4. The molecular weight excluding hydrogens is 364 g/mol. The lowest BCUT2D eigenvalue weighted by molar-refractivity contribution is 0.102. The van der Waals surface area contributed by atoms with Crippen molar-refractivity contribution in [2.24, 2.45) is 0 Å². The van der Waals surface area contributed by atoms with Crippen LogP contribution in [0.5, 0.6) is 5.75 Å². The fourth-order valence-corrected chi connectivity index (χ4v) is 3.38. The van der Waals surface area contributed by atoms with Crippen molar-refractivity contribution in [3.8, 4) is 5.75 Å². The first-order valence-electron chi connectivity index (χ1n) is 9.37. The second-order valence-corrected chi connectivity index (χ2v) is 7.13. The Morgan fingerprint density at radius 3 is 2.41 bits per heavy atom. The molecule has 0 radical (unpaired) electrons. The summed E-state index contributed by atoms with van der Waals surface area (Å²) in [5.41, 5.74) is 6.21. The highest BCUT2D eigenvalue weighted by molar-refractivity contribution is 6.06. The van der Waals surface area contributed by atoms with Crippen molar-refractivity contribution in [3.05, 3.63) is 82.9 Å². The van der Waals surface area contributed by atoms with Gasteiger partial charge in [-0.25, -0.2) is 4.68 Å². The van der Waals surface area contributed by atoms with Crippen LogP contribution >= 0.6 is 0 Å². The van der Waals surface area contributed by atoms with Gasteiger partial charge in [-0.15, -0.1) is 5.10 Å². The van der Waals surface area contributed by atoms with Crippen LogP contribution in [0, 0.1) is 13.8 Å². The Bertz CT molecular complexity index is 1160. The third kappa shape index (κ3) is 4.11. The molecule has 0 spiro atoms. The second kappa shape index (κ2) is 7.75. The fourth-order valence-electron chi connectivity index (χ4n) is 3.38. The average molecular weight is 386 g/mol. The number of nitrogens with one attached hydrogen (secondary N) is 1. The van der Waals surface area contributed by atoms with Crippen LogP contribution in [0.25, 0.3) is 11.0 Å². The number of hydrogen-bond donors (Lipinski definition) is 1. The number of carbonyl (C=O) groups is 1. The van der Waals surface area contributed by atoms with Crippen LogP contribution in [0.1, 0.15) is 27.0 Å². The summed E-state index contributed by atoms with van der Waals surface area (Å²) in [6, 6.07) is 19.3. The van der Waals surface area contributed by atoms with Crippen molar-refractivity contribution in [1.82, 2.24) is 15.0 Å². The quantitative estimate of drug-likeness (QED) is 0.553. The van der Waals surface area contributed by atoms with E-state index in [0.29, 0.717) is 17.6 Å². The molecule has 1 aromatic heterocycles. The van der Waals surface area contributed by atoms with E-state index in [4.69, 9.17) is 4.74 Å². The van der Waals surface area contributed by atoms with Crippen molar-refractivity contribution in [2.75, 3.05) is 12.4 Å². The minimum absolute atomic E-state index is 0.165. The van der Waals surface area contributed by atoms with Crippen molar-refractivity contribution in [1.29, 1.82) is 0 Å². The van der Waals surface area contributed by atoms with E-state index in [-0.39, 0.29) is 5.91 Å². The number of fused-ring (bicyclic) bond motifs is 1. The van der Waals surface area contributed by atoms with E-state index >= 15 is 0 Å². The summed E-state index contributed by atoms with van der Waals surface area (Å²) in [4.78, 5) is 12.7. The average Bonchev–Trinajstić information content (AvgIpc) is 3.10. The first kappa shape index (κ1) is 18.7. The summed E-state index contributed by atoms with van der Waals surface area (Å²) in [5.74, 6) is 0.651. The Kier molecular flexibility index (Phi) is 4.99. The van der Waals surface area contributed by atoms with Crippen LogP contribution < -0.4 is 10.1 Å². The Hall–Kier alpha value is -3.67. The van der Waals surface area contributed by atoms with Crippen LogP contribution in [0.4, 0.5) is 5.69 Å². The van der Waals surface area contributed by atoms with Gasteiger partial charge in [-0.2, -0.15) is 0 Å². The van der Waals surface area contributed by atoms with Gasteiger partial charge in [-0.3, -0.25) is 4.79 Å². The third-order valence-corrected chi connectivity index (χ3v) is 4.75. The molecule has 3 aromatic carbocycles. The summed E-state index contributed by atoms with van der Waals surface area (Å²) in [6.45, 7) is 4.61. The summed E-state index contributed by atoms with van der Waals surface area (Å²) in [5, 5.41) is 11.4. The number of nitrogens with zero attached hydrogens (tertiary/aromatic N) is 3. The molecule has 29 heavy (non-hydrogen) atoms. The largest absolute Gasteiger partial charge is 0.497 e. The number of anilines is 1. The van der Waals surface area contributed by atoms with Crippen LogP contribution in [0.15, 0.2) is 60.7 Å². The standard InChI is InChI=1S/C23H22N4O2/c1-15-10-16(2)12-19(11-15)24-23(28)18-6-9-22-21(13-18)25-26-27(22)14-17-4-7-20(29-3)8-5-17/h4-13H,14H2,1-3H3,(H,24,28). The van der Waals surface area contributed by atoms with Gasteiger partial charge in [0.15, 0.2) is 0 Å². The molecule has 1 heterocycles. The zero-order valence-corrected chi connectivity index (χ0v) is 16.6. The van der Waals surface area contributed by atoms with Gasteiger partial charge in [-0.1, -0.05) is 23.4 Å². The predicted octanol–water partition coefficient (Wildman–Crippen LogP) is 4.36. The second-order valence-electron chi connectivity index (χ2n) is 7.13. The molecule has 0 aliphatic heterocycles. The van der Waals surface area contributed by atoms with Crippen LogP contribution in [0.2, 0.25) is 0 Å². The lowest BCUT2D eigenvalue weighted by Gasteiger charge is -2.08. The minimum Gasteiger partial charge on any atom is -0.497 e. The van der Waals surface area contributed by atoms with Gasteiger partial charge in [0.2, 0.25) is 0 Å². The number of methoxy groups -OCH3 is 1. The first-order valence-corrected chi connectivity index (χ1v) is 9.37. The molecule has 0 unspecified atom stereocenters. The Morgan fingerprint density at radius 1 is 1.00 bits per heavy atom. The van der Waals surface area contributed by atoms with Crippen LogP contribution in [0.3, 0.4) is 0 Å². The zero-order valence-electron chi connectivity index (χ0n) is 16.6. The highest BCUT2D eigenvalue weighted by Crippen LogP contribution is 2.19. The molecule has 6 heteroatoms. The van der Waals surface area contributed by atoms with Crippen molar-refractivity contribution >= 4 is 22.6 Å². The molecule has 0 fully saturated rings.